The summed E-state index contributed by atoms with van der Waals surface area (Å²) in [6.07, 6.45) is 9.84. The fourth-order valence-electron chi connectivity index (χ4n) is 3.49. The fraction of sp³-hybridized carbons (Fsp3) is 0.647. The highest BCUT2D eigenvalue weighted by molar-refractivity contribution is 5.40. The normalized spacial score (nSPS) is 18.7. The van der Waals surface area contributed by atoms with Gasteiger partial charge in [0.15, 0.2) is 0 Å². The first-order valence-corrected chi connectivity index (χ1v) is 8.12. The number of hydrogen-bond donors (Lipinski definition) is 1. The zero-order chi connectivity index (χ0) is 15.1. The molecule has 4 nitrogen and oxygen atoms in total. The molecule has 0 spiro atoms. The molecule has 0 radical (unpaired) electrons. The average molecular weight is 290 g/mol. The quantitative estimate of drug-likeness (QED) is 0.656. The van der Waals surface area contributed by atoms with Crippen LogP contribution >= 0.6 is 0 Å². The number of nitrogens with one attached hydrogen (secondary N) is 1. The van der Waals surface area contributed by atoms with E-state index in [0.717, 1.165) is 12.0 Å². The van der Waals surface area contributed by atoms with Crippen molar-refractivity contribution in [2.24, 2.45) is 5.92 Å². The van der Waals surface area contributed by atoms with Gasteiger partial charge in [-0.1, -0.05) is 50.3 Å². The summed E-state index contributed by atoms with van der Waals surface area (Å²) in [4.78, 5) is 10.9. The zero-order valence-corrected chi connectivity index (χ0v) is 12.9. The number of hydrogen-bond acceptors (Lipinski definition) is 3. The Bertz CT molecular complexity index is 454. The highest BCUT2D eigenvalue weighted by Crippen LogP contribution is 2.28. The van der Waals surface area contributed by atoms with Crippen LogP contribution in [0.15, 0.2) is 24.3 Å². The predicted octanol–water partition coefficient (Wildman–Crippen LogP) is 4.09. The van der Waals surface area contributed by atoms with Crippen LogP contribution in [0.25, 0.3) is 0 Å². The van der Waals surface area contributed by atoms with Crippen molar-refractivity contribution in [1.29, 1.82) is 0 Å². The van der Waals surface area contributed by atoms with E-state index >= 15 is 0 Å². The number of likely N-dealkylation sites (N-methyl/N-ethyl adjacent to an activating group) is 1. The van der Waals surface area contributed by atoms with Crippen molar-refractivity contribution >= 4 is 5.69 Å². The van der Waals surface area contributed by atoms with Gasteiger partial charge in [-0.2, -0.15) is 0 Å². The number of benzene rings is 1. The minimum atomic E-state index is -0.264. The molecule has 1 aliphatic rings. The third-order valence-electron chi connectivity index (χ3n) is 4.72. The lowest BCUT2D eigenvalue weighted by atomic mass is 9.83. The number of nitro groups is 1. The second-order valence-corrected chi connectivity index (χ2v) is 6.09. The molecular formula is C17H26N2O2. The monoisotopic (exact) mass is 290 g/mol. The Balaban J connectivity index is 2.09. The van der Waals surface area contributed by atoms with Crippen LogP contribution in [0.5, 0.6) is 0 Å². The third kappa shape index (κ3) is 4.53. The molecule has 1 N–H and O–H groups in total. The molecule has 1 aromatic rings. The topological polar surface area (TPSA) is 55.2 Å². The Morgan fingerprint density at radius 3 is 2.43 bits per heavy atom. The lowest BCUT2D eigenvalue weighted by Gasteiger charge is -2.28. The van der Waals surface area contributed by atoms with Gasteiger partial charge in [-0.25, -0.2) is 0 Å². The van der Waals surface area contributed by atoms with Gasteiger partial charge >= 0.3 is 0 Å². The second kappa shape index (κ2) is 8.13. The maximum atomic E-state index is 11.2. The predicted molar refractivity (Wildman–Crippen MR) is 85.5 cm³/mol. The number of nitro benzene ring substituents is 1. The van der Waals surface area contributed by atoms with Crippen LogP contribution in [0, 0.1) is 16.0 Å². The smallest absolute Gasteiger partial charge is 0.272 e. The summed E-state index contributed by atoms with van der Waals surface area (Å²) in [7, 11) is 1.98. The van der Waals surface area contributed by atoms with Crippen molar-refractivity contribution in [1.82, 2.24) is 5.32 Å². The lowest BCUT2D eigenvalue weighted by molar-refractivity contribution is -0.385. The van der Waals surface area contributed by atoms with Gasteiger partial charge in [0, 0.05) is 17.7 Å². The highest BCUT2D eigenvalue weighted by atomic mass is 16.6. The Hall–Kier alpha value is -1.42. The minimum absolute atomic E-state index is 0.253. The van der Waals surface area contributed by atoms with E-state index in [1.165, 1.54) is 44.9 Å². The molecule has 21 heavy (non-hydrogen) atoms. The summed E-state index contributed by atoms with van der Waals surface area (Å²) in [6, 6.07) is 7.48. The molecule has 0 bridgehead atoms. The van der Waals surface area contributed by atoms with Gasteiger partial charge in [0.05, 0.1) is 4.92 Å². The second-order valence-electron chi connectivity index (χ2n) is 6.09. The van der Waals surface area contributed by atoms with Gasteiger partial charge in [-0.05, 0) is 32.2 Å². The molecule has 4 heteroatoms. The molecule has 0 amide bonds. The van der Waals surface area contributed by atoms with E-state index in [0.29, 0.717) is 12.0 Å². The van der Waals surface area contributed by atoms with Crippen molar-refractivity contribution < 1.29 is 4.92 Å². The van der Waals surface area contributed by atoms with E-state index in [-0.39, 0.29) is 10.6 Å². The first kappa shape index (κ1) is 16.0. The Morgan fingerprint density at radius 2 is 1.81 bits per heavy atom. The summed E-state index contributed by atoms with van der Waals surface area (Å²) in [5.74, 6) is 0.634. The van der Waals surface area contributed by atoms with Crippen molar-refractivity contribution in [3.8, 4) is 0 Å². The van der Waals surface area contributed by atoms with E-state index in [9.17, 15) is 10.1 Å². The molecule has 0 heterocycles. The van der Waals surface area contributed by atoms with E-state index in [1.807, 2.05) is 19.2 Å². The summed E-state index contributed by atoms with van der Waals surface area (Å²) >= 11 is 0. The molecule has 1 saturated carbocycles. The molecule has 1 atom stereocenters. The van der Waals surface area contributed by atoms with E-state index < -0.39 is 0 Å². The van der Waals surface area contributed by atoms with Crippen LogP contribution in [0.3, 0.4) is 0 Å². The van der Waals surface area contributed by atoms with Crippen LogP contribution in [0.4, 0.5) is 5.69 Å². The van der Waals surface area contributed by atoms with E-state index in [1.54, 1.807) is 12.1 Å². The van der Waals surface area contributed by atoms with Gasteiger partial charge in [0.25, 0.3) is 5.69 Å². The van der Waals surface area contributed by atoms with Gasteiger partial charge in [0.1, 0.15) is 0 Å². The summed E-state index contributed by atoms with van der Waals surface area (Å²) in [5, 5.41) is 14.6. The first-order valence-electron chi connectivity index (χ1n) is 8.12. The van der Waals surface area contributed by atoms with Gasteiger partial charge in [-0.15, -0.1) is 0 Å². The Labute approximate surface area is 127 Å². The number of nitrogens with zero attached hydrogens (tertiary/aromatic N) is 1. The molecule has 2 rings (SSSR count). The largest absolute Gasteiger partial charge is 0.316 e. The summed E-state index contributed by atoms with van der Waals surface area (Å²) < 4.78 is 0. The molecule has 1 fully saturated rings. The van der Waals surface area contributed by atoms with Gasteiger partial charge < -0.3 is 5.32 Å². The average Bonchev–Trinajstić information content (AvgIpc) is 2.45. The molecule has 0 aromatic heterocycles. The maximum absolute atomic E-state index is 11.2. The maximum Gasteiger partial charge on any atom is 0.272 e. The molecule has 0 saturated heterocycles. The fourth-order valence-corrected chi connectivity index (χ4v) is 3.49. The van der Waals surface area contributed by atoms with Crippen molar-refractivity contribution in [3.05, 3.63) is 39.9 Å². The van der Waals surface area contributed by atoms with Crippen molar-refractivity contribution in [2.45, 2.75) is 57.4 Å². The number of para-hydroxylation sites is 1. The van der Waals surface area contributed by atoms with Crippen LogP contribution in [-0.4, -0.2) is 18.0 Å². The Kier molecular flexibility index (Phi) is 6.18. The SMILES string of the molecule is CNC(Cc1ccccc1[N+](=O)[O-])C1CCCCCCC1. The molecule has 116 valence electrons. The minimum Gasteiger partial charge on any atom is -0.316 e. The standard InChI is InChI=1S/C17H26N2O2/c1-18-16(14-9-5-3-2-4-6-10-14)13-15-11-7-8-12-17(15)19(20)21/h7-8,11-12,14,16,18H,2-6,9-10,13H2,1H3. The van der Waals surface area contributed by atoms with Crippen molar-refractivity contribution in [3.63, 3.8) is 0 Å². The van der Waals surface area contributed by atoms with Crippen LogP contribution in [-0.2, 0) is 6.42 Å². The third-order valence-corrected chi connectivity index (χ3v) is 4.72. The summed E-state index contributed by atoms with van der Waals surface area (Å²) in [6.45, 7) is 0. The highest BCUT2D eigenvalue weighted by Gasteiger charge is 2.24. The van der Waals surface area contributed by atoms with Crippen molar-refractivity contribution in [2.75, 3.05) is 7.05 Å². The van der Waals surface area contributed by atoms with E-state index in [2.05, 4.69) is 5.32 Å². The van der Waals surface area contributed by atoms with Crippen LogP contribution < -0.4 is 5.32 Å². The molecule has 1 aliphatic carbocycles. The first-order chi connectivity index (χ1) is 10.2. The van der Waals surface area contributed by atoms with Gasteiger partial charge in [0.2, 0.25) is 0 Å². The number of rotatable bonds is 5. The van der Waals surface area contributed by atoms with Gasteiger partial charge in [-0.3, -0.25) is 10.1 Å². The molecule has 1 aromatic carbocycles. The molecule has 1 unspecified atom stereocenters. The summed E-state index contributed by atoms with van der Waals surface area (Å²) in [5.41, 5.74) is 1.10. The van der Waals surface area contributed by atoms with Crippen LogP contribution in [0.2, 0.25) is 0 Å². The Morgan fingerprint density at radius 1 is 1.19 bits per heavy atom. The zero-order valence-electron chi connectivity index (χ0n) is 12.9. The van der Waals surface area contributed by atoms with Crippen LogP contribution in [0.1, 0.15) is 50.5 Å². The lowest BCUT2D eigenvalue weighted by Crippen LogP contribution is -2.36. The molecular weight excluding hydrogens is 264 g/mol. The molecule has 0 aliphatic heterocycles. The van der Waals surface area contributed by atoms with E-state index in [4.69, 9.17) is 0 Å².